The highest BCUT2D eigenvalue weighted by atomic mass is 16.5. The van der Waals surface area contributed by atoms with Crippen LogP contribution in [-0.2, 0) is 13.0 Å². The fourth-order valence-electron chi connectivity index (χ4n) is 4.60. The summed E-state index contributed by atoms with van der Waals surface area (Å²) in [6.07, 6.45) is 3.91. The van der Waals surface area contributed by atoms with Crippen molar-refractivity contribution in [1.82, 2.24) is 4.57 Å². The van der Waals surface area contributed by atoms with Crippen molar-refractivity contribution in [2.24, 2.45) is 5.73 Å². The number of ether oxygens (including phenoxy) is 1. The average Bonchev–Trinajstić information content (AvgIpc) is 3.40. The van der Waals surface area contributed by atoms with E-state index in [0.717, 1.165) is 47.0 Å². The number of benzene rings is 3. The van der Waals surface area contributed by atoms with E-state index in [1.54, 1.807) is 0 Å². The van der Waals surface area contributed by atoms with Crippen LogP contribution in [0.15, 0.2) is 66.9 Å². The summed E-state index contributed by atoms with van der Waals surface area (Å²) in [4.78, 5) is 11.5. The second-order valence-electron chi connectivity index (χ2n) is 8.95. The van der Waals surface area contributed by atoms with E-state index in [2.05, 4.69) is 67.1 Å². The van der Waals surface area contributed by atoms with Crippen LogP contribution in [-0.4, -0.2) is 17.5 Å². The predicted octanol–water partition coefficient (Wildman–Crippen LogP) is 5.88. The molecule has 0 amide bonds. The van der Waals surface area contributed by atoms with Gasteiger partial charge in [0.25, 0.3) is 0 Å². The zero-order valence-electron chi connectivity index (χ0n) is 18.5. The fraction of sp³-hybridized carbons (Fsp3) is 0.250. The Morgan fingerprint density at radius 3 is 2.78 bits per heavy atom. The molecule has 32 heavy (non-hydrogen) atoms. The van der Waals surface area contributed by atoms with Gasteiger partial charge < -0.3 is 15.0 Å². The summed E-state index contributed by atoms with van der Waals surface area (Å²) < 4.78 is 7.86. The molecule has 0 fully saturated rings. The van der Waals surface area contributed by atoms with Crippen LogP contribution in [0.1, 0.15) is 52.9 Å². The number of hydrogen-bond acceptors (Lipinski definition) is 3. The molecule has 4 nitrogen and oxygen atoms in total. The lowest BCUT2D eigenvalue weighted by Crippen LogP contribution is -2.10. The molecule has 1 unspecified atom stereocenters. The Hall–Kier alpha value is -3.37. The lowest BCUT2D eigenvalue weighted by Gasteiger charge is -2.14. The molecular weight excluding hydrogens is 396 g/mol. The highest BCUT2D eigenvalue weighted by molar-refractivity contribution is 5.96. The zero-order valence-corrected chi connectivity index (χ0v) is 18.5. The monoisotopic (exact) mass is 424 g/mol. The van der Waals surface area contributed by atoms with Crippen LogP contribution in [0.4, 0.5) is 0 Å². The second-order valence-corrected chi connectivity index (χ2v) is 8.95. The Labute approximate surface area is 188 Å². The summed E-state index contributed by atoms with van der Waals surface area (Å²) in [6, 6.07) is 21.1. The minimum atomic E-state index is -0.0632. The molecule has 1 aliphatic rings. The summed E-state index contributed by atoms with van der Waals surface area (Å²) >= 11 is 0. The summed E-state index contributed by atoms with van der Waals surface area (Å²) in [5.74, 6) is 1.33. The molecule has 0 radical (unpaired) electrons. The number of rotatable bonds is 6. The molecule has 1 aromatic heterocycles. The lowest BCUT2D eigenvalue weighted by molar-refractivity contribution is 0.112. The van der Waals surface area contributed by atoms with E-state index < -0.39 is 0 Å². The zero-order chi connectivity index (χ0) is 22.2. The van der Waals surface area contributed by atoms with E-state index in [9.17, 15) is 4.79 Å². The van der Waals surface area contributed by atoms with Gasteiger partial charge in [0.05, 0.1) is 11.6 Å². The molecule has 3 aromatic carbocycles. The third-order valence-electron chi connectivity index (χ3n) is 6.43. The van der Waals surface area contributed by atoms with Gasteiger partial charge in [-0.2, -0.15) is 0 Å². The molecule has 0 spiro atoms. The molecule has 2 heterocycles. The summed E-state index contributed by atoms with van der Waals surface area (Å²) in [7, 11) is 0. The van der Waals surface area contributed by atoms with Crippen LogP contribution in [0.5, 0.6) is 5.75 Å². The standard InChI is InChI=1S/C28H28N2O2/c1-18(2)23-12-19(8-10-30-11-9-20-4-3-5-22(16-31)28(20)30)13-24(14-23)21-6-7-27-25(15-21)26(29)17-32-27/h3-7,9,11-16,18,26H,8,10,17,29H2,1-2H3. The molecule has 2 N–H and O–H groups in total. The minimum Gasteiger partial charge on any atom is -0.491 e. The summed E-state index contributed by atoms with van der Waals surface area (Å²) in [5.41, 5.74) is 14.0. The summed E-state index contributed by atoms with van der Waals surface area (Å²) in [5, 5.41) is 1.10. The topological polar surface area (TPSA) is 57.2 Å². The molecule has 1 aliphatic heterocycles. The quantitative estimate of drug-likeness (QED) is 0.393. The van der Waals surface area contributed by atoms with Gasteiger partial charge in [-0.15, -0.1) is 0 Å². The van der Waals surface area contributed by atoms with Gasteiger partial charge in [0, 0.05) is 29.3 Å². The number of aryl methyl sites for hydroxylation is 2. The van der Waals surface area contributed by atoms with Crippen LogP contribution in [0, 0.1) is 0 Å². The number of carbonyl (C=O) groups is 1. The fourth-order valence-corrected chi connectivity index (χ4v) is 4.60. The van der Waals surface area contributed by atoms with Gasteiger partial charge in [0.1, 0.15) is 12.4 Å². The van der Waals surface area contributed by atoms with Crippen molar-refractivity contribution in [3.05, 3.63) is 89.1 Å². The molecule has 162 valence electrons. The van der Waals surface area contributed by atoms with E-state index >= 15 is 0 Å². The van der Waals surface area contributed by atoms with Crippen LogP contribution in [0.25, 0.3) is 22.0 Å². The Morgan fingerprint density at radius 1 is 1.09 bits per heavy atom. The molecule has 4 aromatic rings. The number of aromatic nitrogens is 1. The largest absolute Gasteiger partial charge is 0.491 e. The van der Waals surface area contributed by atoms with Crippen molar-refractivity contribution in [3.8, 4) is 16.9 Å². The molecule has 0 aliphatic carbocycles. The SMILES string of the molecule is CC(C)c1cc(CCn2ccc3cccc(C=O)c32)cc(-c2ccc3c(c2)C(N)CO3)c1. The Balaban J connectivity index is 1.48. The molecular formula is C28H28N2O2. The number of carbonyl (C=O) groups excluding carboxylic acids is 1. The first-order valence-corrected chi connectivity index (χ1v) is 11.2. The first kappa shape index (κ1) is 20.5. The maximum absolute atomic E-state index is 11.5. The van der Waals surface area contributed by atoms with Gasteiger partial charge in [0.2, 0.25) is 0 Å². The first-order valence-electron chi connectivity index (χ1n) is 11.2. The second kappa shape index (κ2) is 8.29. The van der Waals surface area contributed by atoms with E-state index in [1.807, 2.05) is 18.2 Å². The van der Waals surface area contributed by atoms with Crippen LogP contribution in [0.2, 0.25) is 0 Å². The van der Waals surface area contributed by atoms with Crippen molar-refractivity contribution in [2.75, 3.05) is 6.61 Å². The van der Waals surface area contributed by atoms with Gasteiger partial charge in [-0.3, -0.25) is 4.79 Å². The maximum atomic E-state index is 11.5. The highest BCUT2D eigenvalue weighted by Gasteiger charge is 2.21. The van der Waals surface area contributed by atoms with E-state index in [1.165, 1.54) is 22.3 Å². The van der Waals surface area contributed by atoms with Gasteiger partial charge in [-0.1, -0.05) is 50.2 Å². The van der Waals surface area contributed by atoms with Crippen molar-refractivity contribution in [2.45, 2.75) is 38.8 Å². The van der Waals surface area contributed by atoms with E-state index in [0.29, 0.717) is 12.5 Å². The van der Waals surface area contributed by atoms with Crippen molar-refractivity contribution >= 4 is 17.2 Å². The minimum absolute atomic E-state index is 0.0632. The number of aldehydes is 1. The number of fused-ring (bicyclic) bond motifs is 2. The van der Waals surface area contributed by atoms with E-state index in [4.69, 9.17) is 10.5 Å². The normalized spacial score (nSPS) is 15.2. The molecule has 1 atom stereocenters. The lowest BCUT2D eigenvalue weighted by atomic mass is 9.92. The maximum Gasteiger partial charge on any atom is 0.152 e. The smallest absolute Gasteiger partial charge is 0.152 e. The van der Waals surface area contributed by atoms with Gasteiger partial charge >= 0.3 is 0 Å². The number of nitrogens with two attached hydrogens (primary N) is 1. The Kier molecular flexibility index (Phi) is 5.32. The Morgan fingerprint density at radius 2 is 1.97 bits per heavy atom. The third-order valence-corrected chi connectivity index (χ3v) is 6.43. The van der Waals surface area contributed by atoms with Gasteiger partial charge in [-0.05, 0) is 58.9 Å². The van der Waals surface area contributed by atoms with Gasteiger partial charge in [0.15, 0.2) is 6.29 Å². The molecule has 0 saturated carbocycles. The Bertz CT molecular complexity index is 1300. The molecule has 0 saturated heterocycles. The third kappa shape index (κ3) is 3.71. The van der Waals surface area contributed by atoms with Crippen LogP contribution < -0.4 is 10.5 Å². The van der Waals surface area contributed by atoms with Crippen molar-refractivity contribution in [3.63, 3.8) is 0 Å². The van der Waals surface area contributed by atoms with Gasteiger partial charge in [-0.25, -0.2) is 0 Å². The number of nitrogens with zero attached hydrogens (tertiary/aromatic N) is 1. The first-order chi connectivity index (χ1) is 15.5. The summed E-state index contributed by atoms with van der Waals surface area (Å²) in [6.45, 7) is 5.82. The van der Waals surface area contributed by atoms with Crippen LogP contribution in [0.3, 0.4) is 0 Å². The number of para-hydroxylation sites is 1. The molecule has 0 bridgehead atoms. The highest BCUT2D eigenvalue weighted by Crippen LogP contribution is 2.35. The predicted molar refractivity (Wildman–Crippen MR) is 129 cm³/mol. The van der Waals surface area contributed by atoms with Crippen molar-refractivity contribution in [1.29, 1.82) is 0 Å². The van der Waals surface area contributed by atoms with Crippen molar-refractivity contribution < 1.29 is 9.53 Å². The van der Waals surface area contributed by atoms with Crippen LogP contribution >= 0.6 is 0 Å². The molecule has 4 heteroatoms. The molecule has 5 rings (SSSR count). The average molecular weight is 425 g/mol. The number of hydrogen-bond donors (Lipinski definition) is 1. The van der Waals surface area contributed by atoms with E-state index in [-0.39, 0.29) is 6.04 Å².